The first kappa shape index (κ1) is 18.7. The van der Waals surface area contributed by atoms with E-state index in [0.717, 1.165) is 5.56 Å². The molecule has 1 aromatic carbocycles. The highest BCUT2D eigenvalue weighted by atomic mass is 16.5. The van der Waals surface area contributed by atoms with Crippen LogP contribution in [0.1, 0.15) is 42.5 Å². The van der Waals surface area contributed by atoms with E-state index in [-0.39, 0.29) is 11.9 Å². The minimum atomic E-state index is -0.964. The first-order chi connectivity index (χ1) is 11.8. The van der Waals surface area contributed by atoms with Crippen LogP contribution in [-0.4, -0.2) is 29.2 Å². The number of carbonyl (C=O) groups is 2. The van der Waals surface area contributed by atoms with Crippen LogP contribution in [0.15, 0.2) is 34.9 Å². The second-order valence-electron chi connectivity index (χ2n) is 5.92. The fourth-order valence-electron chi connectivity index (χ4n) is 1.94. The Morgan fingerprint density at radius 2 is 1.88 bits per heavy atom. The second kappa shape index (κ2) is 8.43. The van der Waals surface area contributed by atoms with Gasteiger partial charge in [0.2, 0.25) is 0 Å². The number of nitrogens with zero attached hydrogens (tertiary/aromatic N) is 1. The third-order valence-electron chi connectivity index (χ3n) is 3.31. The van der Waals surface area contributed by atoms with E-state index in [1.54, 1.807) is 37.3 Å². The van der Waals surface area contributed by atoms with Crippen LogP contribution in [0.4, 0.5) is 5.82 Å². The zero-order chi connectivity index (χ0) is 18.4. The third-order valence-corrected chi connectivity index (χ3v) is 3.31. The predicted octanol–water partition coefficient (Wildman–Crippen LogP) is 3.09. The van der Waals surface area contributed by atoms with Crippen molar-refractivity contribution < 1.29 is 23.6 Å². The van der Waals surface area contributed by atoms with Crippen LogP contribution in [0.3, 0.4) is 0 Å². The van der Waals surface area contributed by atoms with Gasteiger partial charge in [0.05, 0.1) is 18.3 Å². The maximum absolute atomic E-state index is 12.1. The van der Waals surface area contributed by atoms with Gasteiger partial charge in [-0.3, -0.25) is 4.79 Å². The molecule has 0 spiro atoms. The molecule has 1 amide bonds. The molecule has 134 valence electrons. The summed E-state index contributed by atoms with van der Waals surface area (Å²) in [6, 6.07) is 8.45. The SMILES string of the molecule is Cc1cc(NC(=O)[C@@H](C)OC(=O)c2ccc(COC(C)C)cc2)no1. The molecule has 0 bridgehead atoms. The van der Waals surface area contributed by atoms with Gasteiger partial charge in [0, 0.05) is 6.07 Å². The predicted molar refractivity (Wildman–Crippen MR) is 91.1 cm³/mol. The lowest BCUT2D eigenvalue weighted by Crippen LogP contribution is -2.30. The molecule has 0 aliphatic rings. The minimum Gasteiger partial charge on any atom is -0.449 e. The molecule has 2 aromatic rings. The highest BCUT2D eigenvalue weighted by molar-refractivity contribution is 5.96. The smallest absolute Gasteiger partial charge is 0.338 e. The summed E-state index contributed by atoms with van der Waals surface area (Å²) in [4.78, 5) is 24.1. The molecule has 7 heteroatoms. The van der Waals surface area contributed by atoms with Gasteiger partial charge >= 0.3 is 5.97 Å². The Morgan fingerprint density at radius 1 is 1.20 bits per heavy atom. The zero-order valence-electron chi connectivity index (χ0n) is 14.7. The number of benzene rings is 1. The molecule has 25 heavy (non-hydrogen) atoms. The maximum atomic E-state index is 12.1. The molecule has 0 saturated heterocycles. The Kier molecular flexibility index (Phi) is 6.30. The molecule has 0 saturated carbocycles. The number of carbonyl (C=O) groups excluding carboxylic acids is 2. The van der Waals surface area contributed by atoms with Crippen molar-refractivity contribution in [3.05, 3.63) is 47.2 Å². The quantitative estimate of drug-likeness (QED) is 0.775. The molecule has 2 rings (SSSR count). The van der Waals surface area contributed by atoms with Gasteiger partial charge in [-0.05, 0) is 45.4 Å². The topological polar surface area (TPSA) is 90.7 Å². The van der Waals surface area contributed by atoms with E-state index in [4.69, 9.17) is 14.0 Å². The van der Waals surface area contributed by atoms with Crippen molar-refractivity contribution in [2.45, 2.75) is 46.5 Å². The van der Waals surface area contributed by atoms with E-state index in [2.05, 4.69) is 10.5 Å². The number of hydrogen-bond donors (Lipinski definition) is 1. The van der Waals surface area contributed by atoms with Gasteiger partial charge in [0.1, 0.15) is 5.76 Å². The summed E-state index contributed by atoms with van der Waals surface area (Å²) in [7, 11) is 0. The minimum absolute atomic E-state index is 0.137. The monoisotopic (exact) mass is 346 g/mol. The van der Waals surface area contributed by atoms with Gasteiger partial charge in [-0.15, -0.1) is 0 Å². The molecule has 1 N–H and O–H groups in total. The molecule has 1 heterocycles. The van der Waals surface area contributed by atoms with Crippen molar-refractivity contribution in [3.63, 3.8) is 0 Å². The Labute approximate surface area is 146 Å². The maximum Gasteiger partial charge on any atom is 0.338 e. The van der Waals surface area contributed by atoms with Crippen molar-refractivity contribution >= 4 is 17.7 Å². The highest BCUT2D eigenvalue weighted by Crippen LogP contribution is 2.11. The molecule has 0 aliphatic heterocycles. The van der Waals surface area contributed by atoms with Gasteiger partial charge in [0.15, 0.2) is 11.9 Å². The Balaban J connectivity index is 1.88. The summed E-state index contributed by atoms with van der Waals surface area (Å²) in [6.07, 6.45) is -0.828. The Bertz CT molecular complexity index is 721. The lowest BCUT2D eigenvalue weighted by Gasteiger charge is -2.12. The summed E-state index contributed by atoms with van der Waals surface area (Å²) < 4.78 is 15.5. The number of ether oxygens (including phenoxy) is 2. The van der Waals surface area contributed by atoms with Crippen LogP contribution in [-0.2, 0) is 20.9 Å². The molecule has 0 radical (unpaired) electrons. The number of anilines is 1. The van der Waals surface area contributed by atoms with E-state index >= 15 is 0 Å². The van der Waals surface area contributed by atoms with Crippen molar-refractivity contribution in [2.24, 2.45) is 0 Å². The number of esters is 1. The largest absolute Gasteiger partial charge is 0.449 e. The van der Waals surface area contributed by atoms with Crippen LogP contribution in [0.2, 0.25) is 0 Å². The molecule has 0 unspecified atom stereocenters. The number of aryl methyl sites for hydroxylation is 1. The van der Waals surface area contributed by atoms with Gasteiger partial charge in [0.25, 0.3) is 5.91 Å². The number of hydrogen-bond acceptors (Lipinski definition) is 6. The fourth-order valence-corrected chi connectivity index (χ4v) is 1.94. The van der Waals surface area contributed by atoms with E-state index in [0.29, 0.717) is 17.9 Å². The summed E-state index contributed by atoms with van der Waals surface area (Å²) in [6.45, 7) is 7.59. The van der Waals surface area contributed by atoms with E-state index in [1.165, 1.54) is 6.92 Å². The van der Waals surface area contributed by atoms with Crippen molar-refractivity contribution in [3.8, 4) is 0 Å². The van der Waals surface area contributed by atoms with Crippen molar-refractivity contribution in [2.75, 3.05) is 5.32 Å². The molecule has 0 fully saturated rings. The van der Waals surface area contributed by atoms with Crippen LogP contribution in [0, 0.1) is 6.92 Å². The highest BCUT2D eigenvalue weighted by Gasteiger charge is 2.20. The molecular formula is C18H22N2O5. The van der Waals surface area contributed by atoms with Crippen LogP contribution in [0.5, 0.6) is 0 Å². The van der Waals surface area contributed by atoms with Crippen LogP contribution < -0.4 is 5.32 Å². The van der Waals surface area contributed by atoms with Crippen LogP contribution in [0.25, 0.3) is 0 Å². The number of nitrogens with one attached hydrogen (secondary N) is 1. The standard InChI is InChI=1S/C18H22N2O5/c1-11(2)23-10-14-5-7-15(8-6-14)18(22)24-13(4)17(21)19-16-9-12(3)25-20-16/h5-9,11,13H,10H2,1-4H3,(H,19,20,21)/t13-/m1/s1. The Hall–Kier alpha value is -2.67. The van der Waals surface area contributed by atoms with Crippen molar-refractivity contribution in [1.29, 1.82) is 0 Å². The first-order valence-electron chi connectivity index (χ1n) is 8.01. The number of amides is 1. The zero-order valence-corrected chi connectivity index (χ0v) is 14.7. The van der Waals surface area contributed by atoms with Crippen molar-refractivity contribution in [1.82, 2.24) is 5.16 Å². The molecule has 0 aliphatic carbocycles. The van der Waals surface area contributed by atoms with Crippen LogP contribution >= 0.6 is 0 Å². The average Bonchev–Trinajstić information content (AvgIpc) is 2.98. The fraction of sp³-hybridized carbons (Fsp3) is 0.389. The number of rotatable bonds is 7. The Morgan fingerprint density at radius 3 is 2.44 bits per heavy atom. The normalized spacial score (nSPS) is 12.0. The summed E-state index contributed by atoms with van der Waals surface area (Å²) in [5.41, 5.74) is 1.32. The second-order valence-corrected chi connectivity index (χ2v) is 5.92. The molecule has 7 nitrogen and oxygen atoms in total. The van der Waals surface area contributed by atoms with Gasteiger partial charge < -0.3 is 19.3 Å². The molecule has 1 atom stereocenters. The third kappa shape index (κ3) is 5.72. The summed E-state index contributed by atoms with van der Waals surface area (Å²) in [5, 5.41) is 6.17. The van der Waals surface area contributed by atoms with Gasteiger partial charge in [-0.2, -0.15) is 0 Å². The van der Waals surface area contributed by atoms with E-state index < -0.39 is 18.0 Å². The average molecular weight is 346 g/mol. The summed E-state index contributed by atoms with van der Waals surface area (Å²) >= 11 is 0. The number of aromatic nitrogens is 1. The molecular weight excluding hydrogens is 324 g/mol. The summed E-state index contributed by atoms with van der Waals surface area (Å²) in [5.74, 6) is -0.208. The van der Waals surface area contributed by atoms with Gasteiger partial charge in [-0.25, -0.2) is 4.79 Å². The van der Waals surface area contributed by atoms with E-state index in [9.17, 15) is 9.59 Å². The van der Waals surface area contributed by atoms with Gasteiger partial charge in [-0.1, -0.05) is 17.3 Å². The first-order valence-corrected chi connectivity index (χ1v) is 8.01. The molecule has 1 aromatic heterocycles. The lowest BCUT2D eigenvalue weighted by atomic mass is 10.1. The lowest BCUT2D eigenvalue weighted by molar-refractivity contribution is -0.123. The van der Waals surface area contributed by atoms with E-state index in [1.807, 2.05) is 13.8 Å².